The highest BCUT2D eigenvalue weighted by Gasteiger charge is 2.36. The fraction of sp³-hybridized carbons (Fsp3) is 0.571. The van der Waals surface area contributed by atoms with Crippen LogP contribution in [0.1, 0.15) is 36.0 Å². The summed E-state index contributed by atoms with van der Waals surface area (Å²) in [5.74, 6) is 0.888. The molecular weight excluding hydrogens is 342 g/mol. The van der Waals surface area contributed by atoms with Gasteiger partial charge in [-0.05, 0) is 49.9 Å². The molecule has 6 nitrogen and oxygen atoms in total. The Balaban J connectivity index is 1.26. The first-order valence-corrected chi connectivity index (χ1v) is 10.0. The predicted molar refractivity (Wildman–Crippen MR) is 103 cm³/mol. The van der Waals surface area contributed by atoms with Crippen LogP contribution in [0.4, 0.5) is 5.69 Å². The molecule has 1 aromatic carbocycles. The van der Waals surface area contributed by atoms with E-state index in [1.54, 1.807) is 0 Å². The summed E-state index contributed by atoms with van der Waals surface area (Å²) in [6.07, 6.45) is 4.64. The predicted octanol–water partition coefficient (Wildman–Crippen LogP) is 1.80. The Bertz CT molecular complexity index is 698. The van der Waals surface area contributed by atoms with E-state index >= 15 is 0 Å². The fourth-order valence-corrected chi connectivity index (χ4v) is 4.14. The molecule has 0 spiro atoms. The van der Waals surface area contributed by atoms with Gasteiger partial charge in [-0.1, -0.05) is 0 Å². The standard InChI is InChI=1S/C21H27N3O3/c25-15-16-1-5-19(6-2-16)22-9-7-18(8-10-22)21(27)24-13-11-23(12-14-24)20(26)17-3-4-17/h1-2,5-6,15,17-18H,3-4,7-14H2. The number of carbonyl (C=O) groups excluding carboxylic acids is 3. The third-order valence-corrected chi connectivity index (χ3v) is 6.07. The second-order valence-corrected chi connectivity index (χ2v) is 7.90. The van der Waals surface area contributed by atoms with Crippen molar-refractivity contribution in [2.75, 3.05) is 44.2 Å². The maximum absolute atomic E-state index is 12.9. The highest BCUT2D eigenvalue weighted by Crippen LogP contribution is 2.31. The number of carbonyl (C=O) groups is 3. The molecule has 0 bridgehead atoms. The SMILES string of the molecule is O=Cc1ccc(N2CCC(C(=O)N3CCN(C(=O)C4CC4)CC3)CC2)cc1. The Morgan fingerprint density at radius 1 is 0.741 bits per heavy atom. The number of aldehydes is 1. The molecule has 27 heavy (non-hydrogen) atoms. The van der Waals surface area contributed by atoms with E-state index in [9.17, 15) is 14.4 Å². The third-order valence-electron chi connectivity index (χ3n) is 6.07. The normalized spacial score (nSPS) is 21.3. The molecule has 2 amide bonds. The van der Waals surface area contributed by atoms with Crippen LogP contribution in [0.5, 0.6) is 0 Å². The zero-order chi connectivity index (χ0) is 18.8. The molecule has 0 unspecified atom stereocenters. The summed E-state index contributed by atoms with van der Waals surface area (Å²) in [6, 6.07) is 7.62. The summed E-state index contributed by atoms with van der Waals surface area (Å²) in [5.41, 5.74) is 1.79. The lowest BCUT2D eigenvalue weighted by atomic mass is 9.94. The van der Waals surface area contributed by atoms with Crippen molar-refractivity contribution in [3.8, 4) is 0 Å². The average molecular weight is 369 g/mol. The molecule has 2 heterocycles. The van der Waals surface area contributed by atoms with Gasteiger partial charge in [-0.25, -0.2) is 0 Å². The largest absolute Gasteiger partial charge is 0.371 e. The van der Waals surface area contributed by atoms with Gasteiger partial charge in [0.05, 0.1) is 0 Å². The Labute approximate surface area is 160 Å². The smallest absolute Gasteiger partial charge is 0.225 e. The molecule has 144 valence electrons. The number of piperidine rings is 1. The molecule has 0 N–H and O–H groups in total. The maximum atomic E-state index is 12.9. The lowest BCUT2D eigenvalue weighted by Gasteiger charge is -2.39. The van der Waals surface area contributed by atoms with Gasteiger partial charge >= 0.3 is 0 Å². The zero-order valence-electron chi connectivity index (χ0n) is 15.7. The molecule has 1 aliphatic carbocycles. The molecule has 0 atom stereocenters. The van der Waals surface area contributed by atoms with E-state index in [1.165, 1.54) is 0 Å². The summed E-state index contributed by atoms with van der Waals surface area (Å²) >= 11 is 0. The minimum atomic E-state index is 0.0844. The number of nitrogens with zero attached hydrogens (tertiary/aromatic N) is 3. The van der Waals surface area contributed by atoms with E-state index in [1.807, 2.05) is 34.1 Å². The van der Waals surface area contributed by atoms with Crippen molar-refractivity contribution >= 4 is 23.8 Å². The van der Waals surface area contributed by atoms with E-state index in [0.29, 0.717) is 31.7 Å². The monoisotopic (exact) mass is 369 g/mol. The molecule has 0 aromatic heterocycles. The lowest BCUT2D eigenvalue weighted by Crippen LogP contribution is -2.53. The Morgan fingerprint density at radius 2 is 1.22 bits per heavy atom. The van der Waals surface area contributed by atoms with Gasteiger partial charge in [0.2, 0.25) is 11.8 Å². The highest BCUT2D eigenvalue weighted by molar-refractivity contribution is 5.82. The molecule has 2 saturated heterocycles. The van der Waals surface area contributed by atoms with Gasteiger partial charge in [0.15, 0.2) is 0 Å². The van der Waals surface area contributed by atoms with Crippen LogP contribution in [-0.2, 0) is 9.59 Å². The molecule has 3 aliphatic rings. The first-order chi connectivity index (χ1) is 13.2. The van der Waals surface area contributed by atoms with Gasteiger partial charge in [-0.2, -0.15) is 0 Å². The fourth-order valence-electron chi connectivity index (χ4n) is 4.14. The van der Waals surface area contributed by atoms with Gasteiger partial charge in [0.1, 0.15) is 6.29 Å². The van der Waals surface area contributed by atoms with Gasteiger partial charge in [0.25, 0.3) is 0 Å². The topological polar surface area (TPSA) is 60.9 Å². The van der Waals surface area contributed by atoms with Crippen molar-refractivity contribution in [3.63, 3.8) is 0 Å². The number of amides is 2. The van der Waals surface area contributed by atoms with E-state index < -0.39 is 0 Å². The summed E-state index contributed by atoms with van der Waals surface area (Å²) in [5, 5.41) is 0. The number of piperazine rings is 1. The van der Waals surface area contributed by atoms with Crippen LogP contribution in [0, 0.1) is 11.8 Å². The molecule has 4 rings (SSSR count). The van der Waals surface area contributed by atoms with Gasteiger partial charge in [-0.15, -0.1) is 0 Å². The van der Waals surface area contributed by atoms with Crippen LogP contribution in [0.2, 0.25) is 0 Å². The lowest BCUT2D eigenvalue weighted by molar-refractivity contribution is -0.143. The minimum absolute atomic E-state index is 0.0844. The van der Waals surface area contributed by atoms with E-state index in [0.717, 1.165) is 50.7 Å². The summed E-state index contributed by atoms with van der Waals surface area (Å²) in [4.78, 5) is 42.0. The molecule has 1 aromatic rings. The zero-order valence-corrected chi connectivity index (χ0v) is 15.7. The molecule has 6 heteroatoms. The second-order valence-electron chi connectivity index (χ2n) is 7.90. The van der Waals surface area contributed by atoms with Crippen LogP contribution in [-0.4, -0.2) is 67.2 Å². The van der Waals surface area contributed by atoms with Crippen LogP contribution in [0.3, 0.4) is 0 Å². The van der Waals surface area contributed by atoms with E-state index in [2.05, 4.69) is 4.90 Å². The van der Waals surface area contributed by atoms with Crippen LogP contribution in [0.15, 0.2) is 24.3 Å². The number of hydrogen-bond donors (Lipinski definition) is 0. The summed E-state index contributed by atoms with van der Waals surface area (Å²) in [6.45, 7) is 4.43. The van der Waals surface area contributed by atoms with Crippen molar-refractivity contribution in [1.29, 1.82) is 0 Å². The molecule has 2 aliphatic heterocycles. The van der Waals surface area contributed by atoms with E-state index in [4.69, 9.17) is 0 Å². The first kappa shape index (κ1) is 18.0. The van der Waals surface area contributed by atoms with Gasteiger partial charge < -0.3 is 14.7 Å². The molecule has 3 fully saturated rings. The van der Waals surface area contributed by atoms with Crippen LogP contribution >= 0.6 is 0 Å². The highest BCUT2D eigenvalue weighted by atomic mass is 16.2. The van der Waals surface area contributed by atoms with Crippen molar-refractivity contribution in [2.45, 2.75) is 25.7 Å². The maximum Gasteiger partial charge on any atom is 0.225 e. The van der Waals surface area contributed by atoms with Crippen molar-refractivity contribution in [3.05, 3.63) is 29.8 Å². The van der Waals surface area contributed by atoms with E-state index in [-0.39, 0.29) is 23.7 Å². The van der Waals surface area contributed by atoms with Gasteiger partial charge in [-0.3, -0.25) is 14.4 Å². The molecule has 1 saturated carbocycles. The minimum Gasteiger partial charge on any atom is -0.371 e. The Hall–Kier alpha value is -2.37. The number of rotatable bonds is 4. The summed E-state index contributed by atoms with van der Waals surface area (Å²) < 4.78 is 0. The number of anilines is 1. The van der Waals surface area contributed by atoms with Gasteiger partial charge in [0, 0.05) is 62.4 Å². The summed E-state index contributed by atoms with van der Waals surface area (Å²) in [7, 11) is 0. The molecule has 0 radical (unpaired) electrons. The Kier molecular flexibility index (Phi) is 5.14. The number of benzene rings is 1. The third kappa shape index (κ3) is 3.99. The number of hydrogen-bond acceptors (Lipinski definition) is 4. The van der Waals surface area contributed by atoms with Crippen LogP contribution < -0.4 is 4.90 Å². The van der Waals surface area contributed by atoms with Crippen molar-refractivity contribution in [2.24, 2.45) is 11.8 Å². The molecular formula is C21H27N3O3. The average Bonchev–Trinajstić information content (AvgIpc) is 3.58. The quantitative estimate of drug-likeness (QED) is 0.760. The van der Waals surface area contributed by atoms with Crippen molar-refractivity contribution < 1.29 is 14.4 Å². The first-order valence-electron chi connectivity index (χ1n) is 10.0. The second kappa shape index (κ2) is 7.71. The Morgan fingerprint density at radius 3 is 1.67 bits per heavy atom. The van der Waals surface area contributed by atoms with Crippen LogP contribution in [0.25, 0.3) is 0 Å². The van der Waals surface area contributed by atoms with Crippen molar-refractivity contribution in [1.82, 2.24) is 9.80 Å².